The first-order chi connectivity index (χ1) is 8.49. The maximum Gasteiger partial charge on any atom is 0.182 e. The Hall–Kier alpha value is -2.04. The molecule has 0 radical (unpaired) electrons. The number of hydrogen-bond acceptors (Lipinski definition) is 2. The minimum absolute atomic E-state index is 0.0672. The molecule has 2 aromatic rings. The molecule has 0 atom stereocenters. The molecule has 0 aliphatic heterocycles. The van der Waals surface area contributed by atoms with Gasteiger partial charge in [0.05, 0.1) is 18.6 Å². The van der Waals surface area contributed by atoms with E-state index in [1.54, 1.807) is 10.9 Å². The average Bonchev–Trinajstić information content (AvgIpc) is 2.64. The van der Waals surface area contributed by atoms with Crippen molar-refractivity contribution in [3.8, 4) is 0 Å². The van der Waals surface area contributed by atoms with Crippen LogP contribution in [0, 0.1) is 25.5 Å². The predicted octanol–water partition coefficient (Wildman–Crippen LogP) is 2.66. The van der Waals surface area contributed by atoms with Crippen LogP contribution in [0.5, 0.6) is 0 Å². The maximum atomic E-state index is 13.0. The third kappa shape index (κ3) is 2.30. The molecule has 0 aliphatic rings. The Kier molecular flexibility index (Phi) is 3.23. The summed E-state index contributed by atoms with van der Waals surface area (Å²) in [7, 11) is 0. The van der Waals surface area contributed by atoms with Gasteiger partial charge in [-0.25, -0.2) is 13.8 Å². The standard InChI is InChI=1S/C13H12F2N2O/c1-8-9(2)17(7-16-8)6-13(18)10-3-4-11(14)12(15)5-10/h3-5,7H,6H2,1-2H3. The highest BCUT2D eigenvalue weighted by atomic mass is 19.2. The molecule has 0 aliphatic carbocycles. The van der Waals surface area contributed by atoms with Gasteiger partial charge in [-0.05, 0) is 32.0 Å². The summed E-state index contributed by atoms with van der Waals surface area (Å²) in [6.45, 7) is 3.76. The number of ketones is 1. The second-order valence-electron chi connectivity index (χ2n) is 4.10. The number of imidazole rings is 1. The van der Waals surface area contributed by atoms with Gasteiger partial charge in [0, 0.05) is 11.3 Å². The van der Waals surface area contributed by atoms with Crippen LogP contribution >= 0.6 is 0 Å². The Bertz CT molecular complexity index is 605. The van der Waals surface area contributed by atoms with E-state index in [0.717, 1.165) is 23.5 Å². The van der Waals surface area contributed by atoms with E-state index in [1.807, 2.05) is 13.8 Å². The molecule has 0 fully saturated rings. The Labute approximate surface area is 103 Å². The van der Waals surface area contributed by atoms with E-state index in [-0.39, 0.29) is 17.9 Å². The first-order valence-corrected chi connectivity index (χ1v) is 5.45. The molecule has 3 nitrogen and oxygen atoms in total. The minimum atomic E-state index is -1.01. The normalized spacial score (nSPS) is 10.7. The molecule has 2 rings (SSSR count). The molecular formula is C13H12F2N2O. The van der Waals surface area contributed by atoms with Gasteiger partial charge in [-0.2, -0.15) is 0 Å². The van der Waals surface area contributed by atoms with Crippen molar-refractivity contribution in [2.45, 2.75) is 20.4 Å². The second-order valence-corrected chi connectivity index (χ2v) is 4.10. The van der Waals surface area contributed by atoms with Crippen LogP contribution in [-0.4, -0.2) is 15.3 Å². The summed E-state index contributed by atoms with van der Waals surface area (Å²) in [6, 6.07) is 3.14. The molecule has 0 saturated carbocycles. The Balaban J connectivity index is 2.22. The lowest BCUT2D eigenvalue weighted by molar-refractivity contribution is 0.0971. The molecule has 18 heavy (non-hydrogen) atoms. The van der Waals surface area contributed by atoms with Crippen molar-refractivity contribution in [2.75, 3.05) is 0 Å². The van der Waals surface area contributed by atoms with Crippen molar-refractivity contribution in [1.82, 2.24) is 9.55 Å². The van der Waals surface area contributed by atoms with Crippen molar-refractivity contribution in [2.24, 2.45) is 0 Å². The number of carbonyl (C=O) groups is 1. The quantitative estimate of drug-likeness (QED) is 0.785. The summed E-state index contributed by atoms with van der Waals surface area (Å²) in [6.07, 6.45) is 1.56. The van der Waals surface area contributed by atoms with Crippen molar-refractivity contribution in [3.05, 3.63) is 53.1 Å². The Morgan fingerprint density at radius 2 is 2.00 bits per heavy atom. The van der Waals surface area contributed by atoms with Crippen LogP contribution in [0.1, 0.15) is 21.7 Å². The van der Waals surface area contributed by atoms with E-state index in [0.29, 0.717) is 0 Å². The molecule has 0 saturated heterocycles. The van der Waals surface area contributed by atoms with E-state index in [9.17, 15) is 13.6 Å². The third-order valence-corrected chi connectivity index (χ3v) is 2.90. The SMILES string of the molecule is Cc1ncn(CC(=O)c2ccc(F)c(F)c2)c1C. The lowest BCUT2D eigenvalue weighted by atomic mass is 10.1. The molecular weight excluding hydrogens is 238 g/mol. The zero-order valence-electron chi connectivity index (χ0n) is 10.1. The van der Waals surface area contributed by atoms with Crippen LogP contribution in [0.15, 0.2) is 24.5 Å². The van der Waals surface area contributed by atoms with Gasteiger partial charge in [-0.3, -0.25) is 4.79 Å². The highest BCUT2D eigenvalue weighted by Gasteiger charge is 2.12. The van der Waals surface area contributed by atoms with Gasteiger partial charge in [0.1, 0.15) is 0 Å². The van der Waals surface area contributed by atoms with E-state index in [2.05, 4.69) is 4.98 Å². The molecule has 0 spiro atoms. The van der Waals surface area contributed by atoms with Crippen LogP contribution in [0.4, 0.5) is 8.78 Å². The number of Topliss-reactive ketones (excluding diaryl/α,β-unsaturated/α-hetero) is 1. The number of nitrogens with zero attached hydrogens (tertiary/aromatic N) is 2. The molecule has 0 bridgehead atoms. The largest absolute Gasteiger partial charge is 0.327 e. The van der Waals surface area contributed by atoms with Gasteiger partial charge in [0.15, 0.2) is 17.4 Å². The lowest BCUT2D eigenvalue weighted by Gasteiger charge is -2.05. The molecule has 0 unspecified atom stereocenters. The van der Waals surface area contributed by atoms with Gasteiger partial charge in [-0.1, -0.05) is 0 Å². The van der Waals surface area contributed by atoms with Crippen molar-refractivity contribution in [3.63, 3.8) is 0 Å². The van der Waals surface area contributed by atoms with Crippen LogP contribution in [-0.2, 0) is 6.54 Å². The van der Waals surface area contributed by atoms with Crippen LogP contribution in [0.25, 0.3) is 0 Å². The van der Waals surface area contributed by atoms with E-state index >= 15 is 0 Å². The number of carbonyl (C=O) groups excluding carboxylic acids is 1. The van der Waals surface area contributed by atoms with Gasteiger partial charge < -0.3 is 4.57 Å². The number of aromatic nitrogens is 2. The molecule has 5 heteroatoms. The molecule has 94 valence electrons. The van der Waals surface area contributed by atoms with Gasteiger partial charge in [0.2, 0.25) is 0 Å². The molecule has 0 N–H and O–H groups in total. The zero-order chi connectivity index (χ0) is 13.3. The summed E-state index contributed by atoms with van der Waals surface area (Å²) in [4.78, 5) is 16.0. The molecule has 1 aromatic carbocycles. The van der Waals surface area contributed by atoms with Crippen molar-refractivity contribution >= 4 is 5.78 Å². The first kappa shape index (κ1) is 12.4. The average molecular weight is 250 g/mol. The number of aryl methyl sites for hydroxylation is 1. The Morgan fingerprint density at radius 1 is 1.28 bits per heavy atom. The topological polar surface area (TPSA) is 34.9 Å². The van der Waals surface area contributed by atoms with Gasteiger partial charge in [-0.15, -0.1) is 0 Å². The van der Waals surface area contributed by atoms with Crippen LogP contribution < -0.4 is 0 Å². The van der Waals surface area contributed by atoms with Gasteiger partial charge in [0.25, 0.3) is 0 Å². The fraction of sp³-hybridized carbons (Fsp3) is 0.231. The second kappa shape index (κ2) is 4.68. The minimum Gasteiger partial charge on any atom is -0.327 e. The first-order valence-electron chi connectivity index (χ1n) is 5.45. The monoisotopic (exact) mass is 250 g/mol. The third-order valence-electron chi connectivity index (χ3n) is 2.90. The van der Waals surface area contributed by atoms with Crippen molar-refractivity contribution in [1.29, 1.82) is 0 Å². The number of rotatable bonds is 3. The molecule has 1 aromatic heterocycles. The number of benzene rings is 1. The van der Waals surface area contributed by atoms with Crippen LogP contribution in [0.3, 0.4) is 0 Å². The fourth-order valence-corrected chi connectivity index (χ4v) is 1.62. The van der Waals surface area contributed by atoms with E-state index < -0.39 is 11.6 Å². The Morgan fingerprint density at radius 3 is 2.56 bits per heavy atom. The predicted molar refractivity (Wildman–Crippen MR) is 62.4 cm³/mol. The highest BCUT2D eigenvalue weighted by Crippen LogP contribution is 2.11. The summed E-state index contributed by atoms with van der Waals surface area (Å²) < 4.78 is 27.4. The molecule has 0 amide bonds. The highest BCUT2D eigenvalue weighted by molar-refractivity contribution is 5.95. The van der Waals surface area contributed by atoms with E-state index in [1.165, 1.54) is 6.07 Å². The fourth-order valence-electron chi connectivity index (χ4n) is 1.62. The zero-order valence-corrected chi connectivity index (χ0v) is 10.1. The summed E-state index contributed by atoms with van der Waals surface area (Å²) in [5, 5.41) is 0. The van der Waals surface area contributed by atoms with Crippen molar-refractivity contribution < 1.29 is 13.6 Å². The number of halogens is 2. The maximum absolute atomic E-state index is 13.0. The van der Waals surface area contributed by atoms with E-state index in [4.69, 9.17) is 0 Å². The smallest absolute Gasteiger partial charge is 0.182 e. The van der Waals surface area contributed by atoms with Crippen LogP contribution in [0.2, 0.25) is 0 Å². The summed E-state index contributed by atoms with van der Waals surface area (Å²) in [5.74, 6) is -2.25. The summed E-state index contributed by atoms with van der Waals surface area (Å²) in [5.41, 5.74) is 1.87. The lowest BCUT2D eigenvalue weighted by Crippen LogP contribution is -2.11. The summed E-state index contributed by atoms with van der Waals surface area (Å²) >= 11 is 0. The molecule has 1 heterocycles. The number of hydrogen-bond donors (Lipinski definition) is 0. The van der Waals surface area contributed by atoms with Gasteiger partial charge >= 0.3 is 0 Å².